The summed E-state index contributed by atoms with van der Waals surface area (Å²) in [7, 11) is 0. The van der Waals surface area contributed by atoms with Gasteiger partial charge in [-0.3, -0.25) is 0 Å². The second-order valence-electron chi connectivity index (χ2n) is 4.88. The van der Waals surface area contributed by atoms with Crippen molar-refractivity contribution in [3.8, 4) is 0 Å². The molecular formula is C15H33NS. The monoisotopic (exact) mass is 259 g/mol. The zero-order valence-electron chi connectivity index (χ0n) is 12.1. The molecule has 0 amide bonds. The van der Waals surface area contributed by atoms with Gasteiger partial charge in [0.25, 0.3) is 0 Å². The van der Waals surface area contributed by atoms with Gasteiger partial charge in [0, 0.05) is 5.88 Å². The van der Waals surface area contributed by atoms with Crippen LogP contribution in [0.4, 0.5) is 0 Å². The third-order valence-electron chi connectivity index (χ3n) is 3.05. The highest BCUT2D eigenvalue weighted by Crippen LogP contribution is 2.10. The predicted octanol–water partition coefficient (Wildman–Crippen LogP) is 5.21. The number of thioether (sulfide) groups is 1. The van der Waals surface area contributed by atoms with Crippen LogP contribution in [0.2, 0.25) is 0 Å². The molecule has 0 saturated heterocycles. The van der Waals surface area contributed by atoms with Crippen molar-refractivity contribution in [1.29, 1.82) is 0 Å². The van der Waals surface area contributed by atoms with E-state index in [1.54, 1.807) is 0 Å². The molecule has 1 N–H and O–H groups in total. The molecule has 0 spiro atoms. The fraction of sp³-hybridized carbons (Fsp3) is 1.00. The Kier molecular flexibility index (Phi) is 16.6. The van der Waals surface area contributed by atoms with Gasteiger partial charge in [0.15, 0.2) is 0 Å². The lowest BCUT2D eigenvalue weighted by atomic mass is 10.1. The summed E-state index contributed by atoms with van der Waals surface area (Å²) >= 11 is 2.06. The molecule has 0 bridgehead atoms. The Morgan fingerprint density at radius 2 is 1.29 bits per heavy atom. The SMILES string of the molecule is CCCCCCCCCCSCNCCCC. The summed E-state index contributed by atoms with van der Waals surface area (Å²) in [6, 6.07) is 0. The van der Waals surface area contributed by atoms with Crippen molar-refractivity contribution in [2.45, 2.75) is 78.1 Å². The molecule has 0 aliphatic carbocycles. The molecule has 0 aromatic rings. The number of rotatable bonds is 14. The van der Waals surface area contributed by atoms with Crippen LogP contribution in [0.3, 0.4) is 0 Å². The third-order valence-corrected chi connectivity index (χ3v) is 4.04. The lowest BCUT2D eigenvalue weighted by molar-refractivity contribution is 0.586. The maximum Gasteiger partial charge on any atom is 0.0417 e. The molecule has 17 heavy (non-hydrogen) atoms. The van der Waals surface area contributed by atoms with Gasteiger partial charge in [-0.05, 0) is 25.1 Å². The van der Waals surface area contributed by atoms with E-state index in [1.807, 2.05) is 0 Å². The van der Waals surface area contributed by atoms with Gasteiger partial charge in [0.2, 0.25) is 0 Å². The van der Waals surface area contributed by atoms with E-state index in [0.717, 1.165) is 5.88 Å². The molecule has 0 radical (unpaired) electrons. The molecule has 0 heterocycles. The van der Waals surface area contributed by atoms with Crippen molar-refractivity contribution < 1.29 is 0 Å². The smallest absolute Gasteiger partial charge is 0.0417 e. The van der Waals surface area contributed by atoms with E-state index in [1.165, 1.54) is 76.5 Å². The predicted molar refractivity (Wildman–Crippen MR) is 82.8 cm³/mol. The molecule has 0 rings (SSSR count). The van der Waals surface area contributed by atoms with Crippen molar-refractivity contribution in [2.75, 3.05) is 18.2 Å². The molecule has 0 fully saturated rings. The highest BCUT2D eigenvalue weighted by Gasteiger charge is 1.92. The van der Waals surface area contributed by atoms with Gasteiger partial charge in [-0.15, -0.1) is 11.8 Å². The van der Waals surface area contributed by atoms with Crippen molar-refractivity contribution in [3.05, 3.63) is 0 Å². The summed E-state index contributed by atoms with van der Waals surface area (Å²) in [5.41, 5.74) is 0. The van der Waals surface area contributed by atoms with Crippen LogP contribution in [0.25, 0.3) is 0 Å². The molecular weight excluding hydrogens is 226 g/mol. The average Bonchev–Trinajstić information content (AvgIpc) is 2.35. The van der Waals surface area contributed by atoms with Crippen molar-refractivity contribution >= 4 is 11.8 Å². The van der Waals surface area contributed by atoms with Gasteiger partial charge >= 0.3 is 0 Å². The first-order valence-corrected chi connectivity index (χ1v) is 8.85. The minimum Gasteiger partial charge on any atom is -0.308 e. The second kappa shape index (κ2) is 16.3. The number of hydrogen-bond acceptors (Lipinski definition) is 2. The standard InChI is InChI=1S/C15H33NS/c1-3-5-7-8-9-10-11-12-14-17-15-16-13-6-4-2/h16H,3-15H2,1-2H3. The second-order valence-corrected chi connectivity index (χ2v) is 5.99. The van der Waals surface area contributed by atoms with Crippen LogP contribution in [0.1, 0.15) is 78.1 Å². The Morgan fingerprint density at radius 1 is 0.706 bits per heavy atom. The molecule has 0 unspecified atom stereocenters. The van der Waals surface area contributed by atoms with E-state index in [-0.39, 0.29) is 0 Å². The molecule has 104 valence electrons. The van der Waals surface area contributed by atoms with Gasteiger partial charge in [0.1, 0.15) is 0 Å². The lowest BCUT2D eigenvalue weighted by Gasteiger charge is -2.04. The fourth-order valence-corrected chi connectivity index (χ4v) is 2.70. The van der Waals surface area contributed by atoms with Crippen molar-refractivity contribution in [1.82, 2.24) is 5.32 Å². The third kappa shape index (κ3) is 16.3. The van der Waals surface area contributed by atoms with Crippen LogP contribution < -0.4 is 5.32 Å². The lowest BCUT2D eigenvalue weighted by Crippen LogP contribution is -2.14. The van der Waals surface area contributed by atoms with Crippen LogP contribution in [-0.4, -0.2) is 18.2 Å². The van der Waals surface area contributed by atoms with E-state index in [0.29, 0.717) is 0 Å². The Labute approximate surface area is 114 Å². The fourth-order valence-electron chi connectivity index (χ4n) is 1.86. The van der Waals surface area contributed by atoms with Gasteiger partial charge in [0.05, 0.1) is 0 Å². The zero-order valence-corrected chi connectivity index (χ0v) is 12.9. The van der Waals surface area contributed by atoms with Gasteiger partial charge in [-0.25, -0.2) is 0 Å². The van der Waals surface area contributed by atoms with Crippen LogP contribution in [0, 0.1) is 0 Å². The molecule has 0 aromatic carbocycles. The number of unbranched alkanes of at least 4 members (excludes halogenated alkanes) is 8. The molecule has 0 saturated carbocycles. The first kappa shape index (κ1) is 17.3. The molecule has 0 aliphatic rings. The summed E-state index contributed by atoms with van der Waals surface area (Å²) in [5, 5.41) is 3.47. The molecule has 0 aliphatic heterocycles. The molecule has 1 nitrogen and oxygen atoms in total. The number of nitrogens with one attached hydrogen (secondary N) is 1. The van der Waals surface area contributed by atoms with Gasteiger partial charge < -0.3 is 5.32 Å². The largest absolute Gasteiger partial charge is 0.308 e. The highest BCUT2D eigenvalue weighted by molar-refractivity contribution is 7.99. The van der Waals surface area contributed by atoms with Crippen molar-refractivity contribution in [2.24, 2.45) is 0 Å². The molecule has 0 atom stereocenters. The quantitative estimate of drug-likeness (QED) is 0.339. The minimum atomic E-state index is 1.15. The van der Waals surface area contributed by atoms with Gasteiger partial charge in [-0.2, -0.15) is 0 Å². The molecule has 2 heteroatoms. The summed E-state index contributed by atoms with van der Waals surface area (Å²) < 4.78 is 0. The first-order chi connectivity index (χ1) is 8.41. The highest BCUT2D eigenvalue weighted by atomic mass is 32.2. The van der Waals surface area contributed by atoms with Crippen LogP contribution in [-0.2, 0) is 0 Å². The van der Waals surface area contributed by atoms with E-state index in [2.05, 4.69) is 30.9 Å². The molecule has 0 aromatic heterocycles. The Balaban J connectivity index is 2.85. The zero-order chi connectivity index (χ0) is 12.6. The van der Waals surface area contributed by atoms with E-state index >= 15 is 0 Å². The van der Waals surface area contributed by atoms with Gasteiger partial charge in [-0.1, -0.05) is 65.2 Å². The minimum absolute atomic E-state index is 1.15. The Bertz CT molecular complexity index is 114. The van der Waals surface area contributed by atoms with Crippen LogP contribution in [0.15, 0.2) is 0 Å². The number of hydrogen-bond donors (Lipinski definition) is 1. The van der Waals surface area contributed by atoms with Crippen LogP contribution in [0.5, 0.6) is 0 Å². The van der Waals surface area contributed by atoms with E-state index in [4.69, 9.17) is 0 Å². The summed E-state index contributed by atoms with van der Waals surface area (Å²) in [6.07, 6.45) is 14.1. The van der Waals surface area contributed by atoms with Crippen molar-refractivity contribution in [3.63, 3.8) is 0 Å². The summed E-state index contributed by atoms with van der Waals surface area (Å²) in [5.74, 6) is 2.49. The van der Waals surface area contributed by atoms with E-state index < -0.39 is 0 Å². The maximum absolute atomic E-state index is 3.47. The van der Waals surface area contributed by atoms with E-state index in [9.17, 15) is 0 Å². The Hall–Kier alpha value is 0.310. The maximum atomic E-state index is 3.47. The first-order valence-electron chi connectivity index (χ1n) is 7.70. The van der Waals surface area contributed by atoms with Crippen LogP contribution >= 0.6 is 11.8 Å². The topological polar surface area (TPSA) is 12.0 Å². The summed E-state index contributed by atoms with van der Waals surface area (Å²) in [4.78, 5) is 0. The summed E-state index contributed by atoms with van der Waals surface area (Å²) in [6.45, 7) is 5.72. The average molecular weight is 260 g/mol. The Morgan fingerprint density at radius 3 is 1.94 bits per heavy atom. The normalized spacial score (nSPS) is 10.9.